The first-order valence-corrected chi connectivity index (χ1v) is 9.36. The number of aldehydes is 1. The highest BCUT2D eigenvalue weighted by atomic mass is 16.5. The van der Waals surface area contributed by atoms with Crippen LogP contribution in [0.3, 0.4) is 0 Å². The van der Waals surface area contributed by atoms with Gasteiger partial charge in [-0.1, -0.05) is 43.0 Å². The molecule has 1 N–H and O–H groups in total. The van der Waals surface area contributed by atoms with Crippen LogP contribution in [-0.2, 0) is 17.8 Å². The molecule has 0 aliphatic heterocycles. The van der Waals surface area contributed by atoms with Crippen molar-refractivity contribution >= 4 is 17.3 Å². The number of aromatic nitrogens is 2. The van der Waals surface area contributed by atoms with Crippen LogP contribution in [0.2, 0.25) is 0 Å². The molecule has 5 nitrogen and oxygen atoms in total. The van der Waals surface area contributed by atoms with Gasteiger partial charge in [0.25, 0.3) is 0 Å². The molecule has 0 atom stereocenters. The van der Waals surface area contributed by atoms with Gasteiger partial charge in [0, 0.05) is 12.1 Å². The normalized spacial score (nSPS) is 11.5. The van der Waals surface area contributed by atoms with Crippen molar-refractivity contribution < 1.29 is 9.53 Å². The molecule has 0 unspecified atom stereocenters. The van der Waals surface area contributed by atoms with Gasteiger partial charge in [-0.05, 0) is 43.2 Å². The van der Waals surface area contributed by atoms with E-state index in [0.717, 1.165) is 35.1 Å². The number of rotatable bonds is 9. The highest BCUT2D eigenvalue weighted by Crippen LogP contribution is 2.15. The van der Waals surface area contributed by atoms with Gasteiger partial charge in [-0.2, -0.15) is 0 Å². The zero-order valence-electron chi connectivity index (χ0n) is 16.1. The first kappa shape index (κ1) is 19.4. The van der Waals surface area contributed by atoms with Crippen LogP contribution >= 0.6 is 0 Å². The molecule has 2 aromatic carbocycles. The van der Waals surface area contributed by atoms with Gasteiger partial charge in [-0.15, -0.1) is 0 Å². The van der Waals surface area contributed by atoms with E-state index in [1.54, 1.807) is 6.08 Å². The SMILES string of the molecule is C=CC(=CC)OCCCn1c(=N)n(Cc2ccc(C=O)cc2)c2ccccc21. The fourth-order valence-corrected chi connectivity index (χ4v) is 3.24. The first-order valence-electron chi connectivity index (χ1n) is 9.36. The van der Waals surface area contributed by atoms with E-state index in [9.17, 15) is 4.79 Å². The Hall–Kier alpha value is -3.34. The minimum absolute atomic E-state index is 0.454. The topological polar surface area (TPSA) is 60.0 Å². The maximum atomic E-state index is 10.9. The number of nitrogens with one attached hydrogen (secondary N) is 1. The Morgan fingerprint density at radius 3 is 2.39 bits per heavy atom. The van der Waals surface area contributed by atoms with Crippen molar-refractivity contribution in [1.82, 2.24) is 9.13 Å². The number of hydrogen-bond donors (Lipinski definition) is 1. The minimum atomic E-state index is 0.454. The molecule has 0 bridgehead atoms. The Kier molecular flexibility index (Phi) is 6.27. The lowest BCUT2D eigenvalue weighted by Gasteiger charge is -2.08. The molecule has 3 aromatic rings. The highest BCUT2D eigenvalue weighted by molar-refractivity contribution is 5.76. The Labute approximate surface area is 164 Å². The molecule has 0 fully saturated rings. The fraction of sp³-hybridized carbons (Fsp3) is 0.217. The molecule has 28 heavy (non-hydrogen) atoms. The number of aryl methyl sites for hydroxylation is 1. The molecule has 0 saturated heterocycles. The fourth-order valence-electron chi connectivity index (χ4n) is 3.24. The number of para-hydroxylation sites is 2. The molecule has 0 amide bonds. The van der Waals surface area contributed by atoms with E-state index in [1.807, 2.05) is 70.7 Å². The summed E-state index contributed by atoms with van der Waals surface area (Å²) in [6, 6.07) is 15.5. The van der Waals surface area contributed by atoms with Crippen LogP contribution in [0, 0.1) is 5.41 Å². The summed E-state index contributed by atoms with van der Waals surface area (Å²) in [5.74, 6) is 0.775. The summed E-state index contributed by atoms with van der Waals surface area (Å²) in [5, 5.41) is 8.70. The van der Waals surface area contributed by atoms with E-state index in [-0.39, 0.29) is 0 Å². The second-order valence-corrected chi connectivity index (χ2v) is 6.51. The van der Waals surface area contributed by atoms with Crippen LogP contribution in [-0.4, -0.2) is 22.0 Å². The summed E-state index contributed by atoms with van der Waals surface area (Å²) in [6.07, 6.45) is 5.22. The monoisotopic (exact) mass is 375 g/mol. The van der Waals surface area contributed by atoms with Crippen LogP contribution in [0.1, 0.15) is 29.3 Å². The van der Waals surface area contributed by atoms with Crippen molar-refractivity contribution in [2.75, 3.05) is 6.61 Å². The van der Waals surface area contributed by atoms with Gasteiger partial charge in [0.15, 0.2) is 0 Å². The number of benzene rings is 2. The smallest absolute Gasteiger partial charge is 0.203 e. The third kappa shape index (κ3) is 4.14. The molecule has 144 valence electrons. The van der Waals surface area contributed by atoms with Crippen molar-refractivity contribution in [3.8, 4) is 0 Å². The maximum absolute atomic E-state index is 10.9. The molecule has 1 heterocycles. The van der Waals surface area contributed by atoms with Gasteiger partial charge >= 0.3 is 0 Å². The molecule has 0 radical (unpaired) electrons. The minimum Gasteiger partial charge on any atom is -0.494 e. The van der Waals surface area contributed by atoms with Gasteiger partial charge in [0.1, 0.15) is 12.0 Å². The third-order valence-corrected chi connectivity index (χ3v) is 4.71. The molecule has 5 heteroatoms. The van der Waals surface area contributed by atoms with Crippen LogP contribution in [0.25, 0.3) is 11.0 Å². The number of allylic oxidation sites excluding steroid dienone is 2. The maximum Gasteiger partial charge on any atom is 0.203 e. The number of ether oxygens (including phenoxy) is 1. The van der Waals surface area contributed by atoms with Gasteiger partial charge in [-0.25, -0.2) is 0 Å². The molecule has 0 aliphatic carbocycles. The molecular formula is C23H25N3O2. The van der Waals surface area contributed by atoms with Crippen molar-refractivity contribution in [2.45, 2.75) is 26.4 Å². The standard InChI is InChI=1S/C23H25N3O2/c1-3-20(4-2)28-15-7-14-25-21-8-5-6-9-22(21)26(23(25)24)16-18-10-12-19(17-27)13-11-18/h3-6,8-13,17,24H,1,7,14-16H2,2H3. The lowest BCUT2D eigenvalue weighted by Crippen LogP contribution is -2.25. The van der Waals surface area contributed by atoms with Gasteiger partial charge in [0.05, 0.1) is 24.2 Å². The van der Waals surface area contributed by atoms with Gasteiger partial charge in [0.2, 0.25) is 5.62 Å². The number of carbonyl (C=O) groups is 1. The molecule has 0 spiro atoms. The van der Waals surface area contributed by atoms with Crippen molar-refractivity contribution in [3.63, 3.8) is 0 Å². The Bertz CT molecular complexity index is 1060. The van der Waals surface area contributed by atoms with Crippen LogP contribution in [0.4, 0.5) is 0 Å². The molecular weight excluding hydrogens is 350 g/mol. The van der Waals surface area contributed by atoms with Crippen LogP contribution in [0.15, 0.2) is 73.0 Å². The van der Waals surface area contributed by atoms with Crippen LogP contribution < -0.4 is 5.62 Å². The Balaban J connectivity index is 1.83. The lowest BCUT2D eigenvalue weighted by atomic mass is 10.1. The summed E-state index contributed by atoms with van der Waals surface area (Å²) in [6.45, 7) is 7.50. The molecule has 0 saturated carbocycles. The second kappa shape index (κ2) is 9.04. The van der Waals surface area contributed by atoms with E-state index >= 15 is 0 Å². The number of carbonyl (C=O) groups excluding carboxylic acids is 1. The summed E-state index contributed by atoms with van der Waals surface area (Å²) in [5.41, 5.74) is 4.22. The first-order chi connectivity index (χ1) is 13.7. The zero-order valence-corrected chi connectivity index (χ0v) is 16.1. The summed E-state index contributed by atoms with van der Waals surface area (Å²) >= 11 is 0. The largest absolute Gasteiger partial charge is 0.494 e. The zero-order chi connectivity index (χ0) is 19.9. The lowest BCUT2D eigenvalue weighted by molar-refractivity contribution is 0.112. The Morgan fingerprint density at radius 2 is 1.79 bits per heavy atom. The summed E-state index contributed by atoms with van der Waals surface area (Å²) in [7, 11) is 0. The summed E-state index contributed by atoms with van der Waals surface area (Å²) in [4.78, 5) is 10.9. The molecule has 0 aliphatic rings. The van der Waals surface area contributed by atoms with Crippen LogP contribution in [0.5, 0.6) is 0 Å². The van der Waals surface area contributed by atoms with Crippen molar-refractivity contribution in [3.05, 3.63) is 89.8 Å². The Morgan fingerprint density at radius 1 is 1.11 bits per heavy atom. The van der Waals surface area contributed by atoms with Crippen molar-refractivity contribution in [2.24, 2.45) is 0 Å². The number of imidazole rings is 1. The van der Waals surface area contributed by atoms with E-state index in [1.165, 1.54) is 0 Å². The van der Waals surface area contributed by atoms with Crippen molar-refractivity contribution in [1.29, 1.82) is 5.41 Å². The van der Waals surface area contributed by atoms with E-state index in [2.05, 4.69) is 6.58 Å². The van der Waals surface area contributed by atoms with Gasteiger partial charge in [-0.3, -0.25) is 10.2 Å². The summed E-state index contributed by atoms with van der Waals surface area (Å²) < 4.78 is 9.68. The predicted molar refractivity (Wildman–Crippen MR) is 111 cm³/mol. The second-order valence-electron chi connectivity index (χ2n) is 6.51. The van der Waals surface area contributed by atoms with Gasteiger partial charge < -0.3 is 13.9 Å². The third-order valence-electron chi connectivity index (χ3n) is 4.71. The molecule has 1 aromatic heterocycles. The number of hydrogen-bond acceptors (Lipinski definition) is 3. The average Bonchev–Trinajstić information content (AvgIpc) is 3.00. The highest BCUT2D eigenvalue weighted by Gasteiger charge is 2.11. The van der Waals surface area contributed by atoms with E-state index < -0.39 is 0 Å². The quantitative estimate of drug-likeness (QED) is 0.263. The number of nitrogens with zero attached hydrogens (tertiary/aromatic N) is 2. The van der Waals surface area contributed by atoms with E-state index in [4.69, 9.17) is 10.1 Å². The predicted octanol–water partition coefficient (Wildman–Crippen LogP) is 4.28. The average molecular weight is 375 g/mol. The number of fused-ring (bicyclic) bond motifs is 1. The molecule has 3 rings (SSSR count). The van der Waals surface area contributed by atoms with E-state index in [0.29, 0.717) is 30.9 Å².